The molecule has 0 spiro atoms. The summed E-state index contributed by atoms with van der Waals surface area (Å²) in [5.74, 6) is 0.0131. The Morgan fingerprint density at radius 3 is 2.80 bits per heavy atom. The predicted octanol–water partition coefficient (Wildman–Crippen LogP) is 1.72. The van der Waals surface area contributed by atoms with Crippen molar-refractivity contribution in [3.8, 4) is 0 Å². The molecule has 108 valence electrons. The average Bonchev–Trinajstić information content (AvgIpc) is 2.79. The molecular formula is C14H19N3O3. The highest BCUT2D eigenvalue weighted by molar-refractivity contribution is 6.05. The first-order valence-corrected chi connectivity index (χ1v) is 6.59. The lowest BCUT2D eigenvalue weighted by Gasteiger charge is -2.17. The number of aliphatic hydroxyl groups excluding tert-OH is 1. The lowest BCUT2D eigenvalue weighted by Crippen LogP contribution is -2.29. The van der Waals surface area contributed by atoms with Gasteiger partial charge in [-0.25, -0.2) is 4.98 Å². The molecule has 0 unspecified atom stereocenters. The molecule has 0 saturated heterocycles. The van der Waals surface area contributed by atoms with E-state index in [0.717, 1.165) is 5.69 Å². The SMILES string of the molecule is Cc1noc2nc(C(C)C)cc(C(=O)N(C)CCO)c12. The normalized spacial score (nSPS) is 11.3. The molecule has 20 heavy (non-hydrogen) atoms. The highest BCUT2D eigenvalue weighted by atomic mass is 16.5. The molecule has 0 saturated carbocycles. The Bertz CT molecular complexity index is 634. The van der Waals surface area contributed by atoms with Gasteiger partial charge in [0.25, 0.3) is 11.6 Å². The monoisotopic (exact) mass is 277 g/mol. The van der Waals surface area contributed by atoms with Crippen molar-refractivity contribution in [1.82, 2.24) is 15.0 Å². The Balaban J connectivity index is 2.59. The Morgan fingerprint density at radius 1 is 1.50 bits per heavy atom. The first kappa shape index (κ1) is 14.5. The number of amides is 1. The van der Waals surface area contributed by atoms with Gasteiger partial charge in [0.1, 0.15) is 0 Å². The number of carbonyl (C=O) groups is 1. The maximum Gasteiger partial charge on any atom is 0.259 e. The Morgan fingerprint density at radius 2 is 2.20 bits per heavy atom. The van der Waals surface area contributed by atoms with E-state index in [4.69, 9.17) is 9.63 Å². The minimum atomic E-state index is -0.167. The Labute approximate surface area is 117 Å². The maximum absolute atomic E-state index is 12.5. The molecular weight excluding hydrogens is 258 g/mol. The number of likely N-dealkylation sites (N-methyl/N-ethyl adjacent to an activating group) is 1. The first-order chi connectivity index (χ1) is 9.45. The van der Waals surface area contributed by atoms with E-state index in [1.54, 1.807) is 20.0 Å². The number of rotatable bonds is 4. The fourth-order valence-corrected chi connectivity index (χ4v) is 2.04. The van der Waals surface area contributed by atoms with Gasteiger partial charge in [0.15, 0.2) is 0 Å². The van der Waals surface area contributed by atoms with Gasteiger partial charge in [0, 0.05) is 19.3 Å². The van der Waals surface area contributed by atoms with Crippen molar-refractivity contribution in [2.45, 2.75) is 26.7 Å². The van der Waals surface area contributed by atoms with Gasteiger partial charge < -0.3 is 14.5 Å². The summed E-state index contributed by atoms with van der Waals surface area (Å²) in [5, 5.41) is 13.5. The second kappa shape index (κ2) is 5.58. The van der Waals surface area contributed by atoms with Crippen LogP contribution in [0.1, 0.15) is 41.5 Å². The van der Waals surface area contributed by atoms with Gasteiger partial charge in [-0.05, 0) is 18.9 Å². The summed E-state index contributed by atoms with van der Waals surface area (Å²) in [6.45, 7) is 6.00. The molecule has 0 radical (unpaired) electrons. The topological polar surface area (TPSA) is 79.5 Å². The van der Waals surface area contributed by atoms with Crippen molar-refractivity contribution in [3.05, 3.63) is 23.0 Å². The molecule has 0 aliphatic carbocycles. The number of hydrogen-bond acceptors (Lipinski definition) is 5. The summed E-state index contributed by atoms with van der Waals surface area (Å²) in [5.41, 5.74) is 2.33. The molecule has 2 aromatic heterocycles. The van der Waals surface area contributed by atoms with Crippen LogP contribution in [0.5, 0.6) is 0 Å². The summed E-state index contributed by atoms with van der Waals surface area (Å²) >= 11 is 0. The summed E-state index contributed by atoms with van der Waals surface area (Å²) in [4.78, 5) is 18.4. The Hall–Kier alpha value is -1.95. The van der Waals surface area contributed by atoms with Crippen LogP contribution in [0.25, 0.3) is 11.1 Å². The van der Waals surface area contributed by atoms with Crippen LogP contribution < -0.4 is 0 Å². The van der Waals surface area contributed by atoms with Gasteiger partial charge in [-0.15, -0.1) is 0 Å². The number of aryl methyl sites for hydroxylation is 1. The fraction of sp³-hybridized carbons (Fsp3) is 0.500. The maximum atomic E-state index is 12.5. The number of fused-ring (bicyclic) bond motifs is 1. The molecule has 2 rings (SSSR count). The van der Waals surface area contributed by atoms with Gasteiger partial charge >= 0.3 is 0 Å². The van der Waals surface area contributed by atoms with E-state index < -0.39 is 0 Å². The van der Waals surface area contributed by atoms with E-state index in [1.165, 1.54) is 4.90 Å². The number of aliphatic hydroxyl groups is 1. The van der Waals surface area contributed by atoms with Crippen LogP contribution in [0.3, 0.4) is 0 Å². The summed E-state index contributed by atoms with van der Waals surface area (Å²) in [6.07, 6.45) is 0. The quantitative estimate of drug-likeness (QED) is 0.920. The predicted molar refractivity (Wildman–Crippen MR) is 74.7 cm³/mol. The lowest BCUT2D eigenvalue weighted by molar-refractivity contribution is 0.0768. The van der Waals surface area contributed by atoms with Crippen LogP contribution in [0.2, 0.25) is 0 Å². The molecule has 0 atom stereocenters. The summed E-state index contributed by atoms with van der Waals surface area (Å²) in [6, 6.07) is 1.79. The molecule has 0 aromatic carbocycles. The summed E-state index contributed by atoms with van der Waals surface area (Å²) in [7, 11) is 1.66. The minimum Gasteiger partial charge on any atom is -0.395 e. The molecule has 6 heteroatoms. The smallest absolute Gasteiger partial charge is 0.259 e. The zero-order valence-corrected chi connectivity index (χ0v) is 12.2. The number of nitrogens with zero attached hydrogens (tertiary/aromatic N) is 3. The van der Waals surface area contributed by atoms with E-state index in [-0.39, 0.29) is 25.0 Å². The van der Waals surface area contributed by atoms with Crippen LogP contribution in [0.15, 0.2) is 10.6 Å². The Kier molecular flexibility index (Phi) is 4.04. The van der Waals surface area contributed by atoms with Crippen LogP contribution >= 0.6 is 0 Å². The zero-order chi connectivity index (χ0) is 14.9. The van der Waals surface area contributed by atoms with Crippen molar-refractivity contribution in [3.63, 3.8) is 0 Å². The van der Waals surface area contributed by atoms with E-state index >= 15 is 0 Å². The standard InChI is InChI=1S/C14H19N3O3/c1-8(2)11-7-10(14(19)17(4)5-6-18)12-9(3)16-20-13(12)15-11/h7-8,18H,5-6H2,1-4H3. The van der Waals surface area contributed by atoms with Crippen molar-refractivity contribution >= 4 is 17.0 Å². The number of carbonyl (C=O) groups excluding carboxylic acids is 1. The van der Waals surface area contributed by atoms with Gasteiger partial charge in [0.05, 0.1) is 23.3 Å². The largest absolute Gasteiger partial charge is 0.395 e. The lowest BCUT2D eigenvalue weighted by atomic mass is 10.0. The minimum absolute atomic E-state index is 0.0733. The van der Waals surface area contributed by atoms with Gasteiger partial charge in [-0.2, -0.15) is 0 Å². The third kappa shape index (κ3) is 2.51. The summed E-state index contributed by atoms with van der Waals surface area (Å²) < 4.78 is 5.19. The molecule has 0 aliphatic heterocycles. The van der Waals surface area contributed by atoms with E-state index in [9.17, 15) is 4.79 Å². The third-order valence-corrected chi connectivity index (χ3v) is 3.24. The van der Waals surface area contributed by atoms with Crippen LogP contribution in [-0.4, -0.2) is 46.3 Å². The number of hydrogen-bond donors (Lipinski definition) is 1. The molecule has 6 nitrogen and oxygen atoms in total. The van der Waals surface area contributed by atoms with E-state index in [2.05, 4.69) is 10.1 Å². The number of aromatic nitrogens is 2. The number of pyridine rings is 1. The van der Waals surface area contributed by atoms with Crippen LogP contribution in [-0.2, 0) is 0 Å². The van der Waals surface area contributed by atoms with Crippen LogP contribution in [0, 0.1) is 6.92 Å². The van der Waals surface area contributed by atoms with Crippen molar-refractivity contribution in [2.75, 3.05) is 20.2 Å². The molecule has 0 aliphatic rings. The molecule has 1 N–H and O–H groups in total. The fourth-order valence-electron chi connectivity index (χ4n) is 2.04. The van der Waals surface area contributed by atoms with E-state index in [1.807, 2.05) is 13.8 Å². The van der Waals surface area contributed by atoms with Gasteiger partial charge in [-0.3, -0.25) is 4.79 Å². The second-order valence-electron chi connectivity index (χ2n) is 5.15. The van der Waals surface area contributed by atoms with Gasteiger partial charge in [-0.1, -0.05) is 19.0 Å². The average molecular weight is 277 g/mol. The first-order valence-electron chi connectivity index (χ1n) is 6.59. The molecule has 0 fully saturated rings. The highest BCUT2D eigenvalue weighted by Gasteiger charge is 2.21. The van der Waals surface area contributed by atoms with Gasteiger partial charge in [0.2, 0.25) is 0 Å². The van der Waals surface area contributed by atoms with Crippen LogP contribution in [0.4, 0.5) is 0 Å². The highest BCUT2D eigenvalue weighted by Crippen LogP contribution is 2.25. The molecule has 0 bridgehead atoms. The second-order valence-corrected chi connectivity index (χ2v) is 5.15. The van der Waals surface area contributed by atoms with Crippen molar-refractivity contribution in [2.24, 2.45) is 0 Å². The molecule has 2 heterocycles. The van der Waals surface area contributed by atoms with Crippen molar-refractivity contribution in [1.29, 1.82) is 0 Å². The molecule has 2 aromatic rings. The molecule has 1 amide bonds. The zero-order valence-electron chi connectivity index (χ0n) is 12.2. The van der Waals surface area contributed by atoms with Crippen molar-refractivity contribution < 1.29 is 14.4 Å². The third-order valence-electron chi connectivity index (χ3n) is 3.24. The van der Waals surface area contributed by atoms with E-state index in [0.29, 0.717) is 22.4 Å².